The van der Waals surface area contributed by atoms with Crippen molar-refractivity contribution in [2.75, 3.05) is 19.7 Å². The third-order valence-corrected chi connectivity index (χ3v) is 3.10. The topological polar surface area (TPSA) is 55.8 Å². The summed E-state index contributed by atoms with van der Waals surface area (Å²) >= 11 is 0. The van der Waals surface area contributed by atoms with E-state index in [4.69, 9.17) is 9.47 Å². The van der Waals surface area contributed by atoms with Gasteiger partial charge in [0, 0.05) is 13.0 Å². The molecule has 1 atom stereocenters. The smallest absolute Gasteiger partial charge is 0.410 e. The molecule has 5 heteroatoms. The maximum Gasteiger partial charge on any atom is 0.410 e. The molecule has 0 bridgehead atoms. The number of carbonyl (C=O) groups is 2. The van der Waals surface area contributed by atoms with Gasteiger partial charge < -0.3 is 14.4 Å². The van der Waals surface area contributed by atoms with Crippen LogP contribution in [0, 0.1) is 0 Å². The number of ether oxygens (including phenoxy) is 2. The van der Waals surface area contributed by atoms with Crippen LogP contribution in [0.4, 0.5) is 4.79 Å². The summed E-state index contributed by atoms with van der Waals surface area (Å²) in [4.78, 5) is 25.0. The Labute approximate surface area is 101 Å². The van der Waals surface area contributed by atoms with Crippen LogP contribution in [0.25, 0.3) is 0 Å². The lowest BCUT2D eigenvalue weighted by atomic mass is 9.77. The molecular formula is C12H19NO4. The lowest BCUT2D eigenvalue weighted by Gasteiger charge is -2.46. The van der Waals surface area contributed by atoms with Crippen LogP contribution in [0.5, 0.6) is 0 Å². The van der Waals surface area contributed by atoms with Crippen LogP contribution in [0.3, 0.4) is 0 Å². The second-order valence-corrected chi connectivity index (χ2v) is 5.67. The highest BCUT2D eigenvalue weighted by Crippen LogP contribution is 2.35. The Kier molecular flexibility index (Phi) is 2.89. The molecule has 1 aliphatic carbocycles. The minimum atomic E-state index is -0.727. The molecule has 1 amide bonds. The average molecular weight is 241 g/mol. The number of amides is 1. The summed E-state index contributed by atoms with van der Waals surface area (Å²) in [6.45, 7) is 6.72. The number of rotatable bonds is 0. The standard InChI is InChI=1S/C12H19NO4/c1-11(2,3)17-10(15)13-6-7-16-12(8-13)5-4-9(12)14/h4-8H2,1-3H3. The van der Waals surface area contributed by atoms with E-state index in [2.05, 4.69) is 0 Å². The number of morpholine rings is 1. The zero-order valence-electron chi connectivity index (χ0n) is 10.6. The summed E-state index contributed by atoms with van der Waals surface area (Å²) in [5, 5.41) is 0. The van der Waals surface area contributed by atoms with E-state index < -0.39 is 11.2 Å². The van der Waals surface area contributed by atoms with Gasteiger partial charge in [0.2, 0.25) is 0 Å². The molecule has 1 saturated carbocycles. The van der Waals surface area contributed by atoms with Gasteiger partial charge in [-0.05, 0) is 27.2 Å². The minimum absolute atomic E-state index is 0.103. The summed E-state index contributed by atoms with van der Waals surface area (Å²) in [6.07, 6.45) is 0.910. The maximum absolute atomic E-state index is 11.9. The molecule has 1 aliphatic heterocycles. The zero-order valence-corrected chi connectivity index (χ0v) is 10.6. The van der Waals surface area contributed by atoms with Gasteiger partial charge in [-0.15, -0.1) is 0 Å². The Morgan fingerprint density at radius 2 is 2.18 bits per heavy atom. The van der Waals surface area contributed by atoms with E-state index in [0.29, 0.717) is 32.5 Å². The summed E-state index contributed by atoms with van der Waals surface area (Å²) in [5.74, 6) is 0.103. The molecule has 1 heterocycles. The number of nitrogens with zero attached hydrogens (tertiary/aromatic N) is 1. The highest BCUT2D eigenvalue weighted by atomic mass is 16.6. The highest BCUT2D eigenvalue weighted by molar-refractivity contribution is 5.94. The molecule has 2 aliphatic rings. The molecule has 1 saturated heterocycles. The van der Waals surface area contributed by atoms with Gasteiger partial charge in [-0.3, -0.25) is 4.79 Å². The normalized spacial score (nSPS) is 29.1. The van der Waals surface area contributed by atoms with Gasteiger partial charge in [0.25, 0.3) is 0 Å². The Balaban J connectivity index is 1.98. The molecule has 0 aromatic carbocycles. The van der Waals surface area contributed by atoms with Crippen LogP contribution < -0.4 is 0 Å². The first-order chi connectivity index (χ1) is 7.82. The van der Waals surface area contributed by atoms with Crippen LogP contribution in [0.1, 0.15) is 33.6 Å². The van der Waals surface area contributed by atoms with Gasteiger partial charge in [0.05, 0.1) is 13.2 Å². The molecule has 2 rings (SSSR count). The third-order valence-electron chi connectivity index (χ3n) is 3.10. The van der Waals surface area contributed by atoms with Crippen molar-refractivity contribution in [1.82, 2.24) is 4.90 Å². The molecule has 2 fully saturated rings. The molecule has 1 spiro atoms. The van der Waals surface area contributed by atoms with E-state index in [0.717, 1.165) is 0 Å². The Hall–Kier alpha value is -1.10. The molecule has 5 nitrogen and oxygen atoms in total. The fraction of sp³-hybridized carbons (Fsp3) is 0.833. The van der Waals surface area contributed by atoms with Crippen LogP contribution in [0.2, 0.25) is 0 Å². The molecule has 1 unspecified atom stereocenters. The van der Waals surface area contributed by atoms with Crippen molar-refractivity contribution in [1.29, 1.82) is 0 Å². The van der Waals surface area contributed by atoms with Gasteiger partial charge in [-0.1, -0.05) is 0 Å². The van der Waals surface area contributed by atoms with Crippen LogP contribution in [-0.2, 0) is 14.3 Å². The van der Waals surface area contributed by atoms with Crippen LogP contribution in [0.15, 0.2) is 0 Å². The predicted molar refractivity (Wildman–Crippen MR) is 60.7 cm³/mol. The van der Waals surface area contributed by atoms with Crippen molar-refractivity contribution < 1.29 is 19.1 Å². The fourth-order valence-electron chi connectivity index (χ4n) is 2.09. The van der Waals surface area contributed by atoms with Gasteiger partial charge in [0.1, 0.15) is 11.2 Å². The summed E-state index contributed by atoms with van der Waals surface area (Å²) in [5.41, 5.74) is -1.23. The molecule has 17 heavy (non-hydrogen) atoms. The minimum Gasteiger partial charge on any atom is -0.444 e. The Morgan fingerprint density at radius 1 is 1.47 bits per heavy atom. The number of hydrogen-bond acceptors (Lipinski definition) is 4. The zero-order chi connectivity index (χ0) is 12.7. The van der Waals surface area contributed by atoms with Gasteiger partial charge in [0.15, 0.2) is 5.78 Å². The summed E-state index contributed by atoms with van der Waals surface area (Å²) < 4.78 is 10.8. The van der Waals surface area contributed by atoms with Gasteiger partial charge >= 0.3 is 6.09 Å². The van der Waals surface area contributed by atoms with Crippen LogP contribution in [-0.4, -0.2) is 47.7 Å². The second-order valence-electron chi connectivity index (χ2n) is 5.67. The fourth-order valence-corrected chi connectivity index (χ4v) is 2.09. The van der Waals surface area contributed by atoms with E-state index in [1.807, 2.05) is 20.8 Å². The van der Waals surface area contributed by atoms with Gasteiger partial charge in [-0.25, -0.2) is 4.79 Å². The quantitative estimate of drug-likeness (QED) is 0.642. The monoisotopic (exact) mass is 241 g/mol. The van der Waals surface area contributed by atoms with Crippen molar-refractivity contribution in [3.05, 3.63) is 0 Å². The highest BCUT2D eigenvalue weighted by Gasteiger charge is 2.51. The number of Topliss-reactive ketones (excluding diaryl/α,β-unsaturated/α-hetero) is 1. The van der Waals surface area contributed by atoms with E-state index >= 15 is 0 Å². The average Bonchev–Trinajstić information content (AvgIpc) is 2.25. The first-order valence-electron chi connectivity index (χ1n) is 5.98. The number of ketones is 1. The van der Waals surface area contributed by atoms with E-state index in [1.165, 1.54) is 0 Å². The maximum atomic E-state index is 11.9. The molecule has 0 N–H and O–H groups in total. The van der Waals surface area contributed by atoms with Crippen molar-refractivity contribution >= 4 is 11.9 Å². The van der Waals surface area contributed by atoms with Crippen molar-refractivity contribution in [2.24, 2.45) is 0 Å². The van der Waals surface area contributed by atoms with E-state index in [1.54, 1.807) is 4.90 Å². The van der Waals surface area contributed by atoms with Gasteiger partial charge in [-0.2, -0.15) is 0 Å². The van der Waals surface area contributed by atoms with Crippen molar-refractivity contribution in [3.8, 4) is 0 Å². The first-order valence-corrected chi connectivity index (χ1v) is 5.98. The SMILES string of the molecule is CC(C)(C)OC(=O)N1CCOC2(CCC2=O)C1. The van der Waals surface area contributed by atoms with E-state index in [-0.39, 0.29) is 11.9 Å². The summed E-state index contributed by atoms with van der Waals surface area (Å²) in [7, 11) is 0. The van der Waals surface area contributed by atoms with Crippen molar-refractivity contribution in [2.45, 2.75) is 44.8 Å². The molecule has 0 radical (unpaired) electrons. The molecular weight excluding hydrogens is 222 g/mol. The van der Waals surface area contributed by atoms with E-state index in [9.17, 15) is 9.59 Å². The van der Waals surface area contributed by atoms with Crippen molar-refractivity contribution in [3.63, 3.8) is 0 Å². The molecule has 0 aromatic rings. The first kappa shape index (κ1) is 12.4. The predicted octanol–water partition coefficient (Wildman–Crippen LogP) is 1.36. The lowest BCUT2D eigenvalue weighted by molar-refractivity contribution is -0.174. The lowest BCUT2D eigenvalue weighted by Crippen LogP contribution is -2.62. The Morgan fingerprint density at radius 3 is 2.65 bits per heavy atom. The molecule has 0 aromatic heterocycles. The number of hydrogen-bond donors (Lipinski definition) is 0. The largest absolute Gasteiger partial charge is 0.444 e. The Bertz CT molecular complexity index is 347. The third kappa shape index (κ3) is 2.44. The summed E-state index contributed by atoms with van der Waals surface area (Å²) in [6, 6.07) is 0. The second kappa shape index (κ2) is 3.98. The number of carbonyl (C=O) groups excluding carboxylic acids is 2. The van der Waals surface area contributed by atoms with Crippen LogP contribution >= 0.6 is 0 Å². The molecule has 96 valence electrons.